The maximum absolute atomic E-state index is 13.2. The molecule has 1 aliphatic carbocycles. The highest BCUT2D eigenvalue weighted by molar-refractivity contribution is 5.85. The summed E-state index contributed by atoms with van der Waals surface area (Å²) >= 11 is 0. The Labute approximate surface area is 157 Å². The molecule has 1 heterocycles. The quantitative estimate of drug-likeness (QED) is 0.822. The lowest BCUT2D eigenvalue weighted by atomic mass is 9.85. The molecule has 26 heavy (non-hydrogen) atoms. The molecule has 1 aromatic rings. The summed E-state index contributed by atoms with van der Waals surface area (Å²) in [6, 6.07) is 3.85. The van der Waals surface area contributed by atoms with E-state index in [-0.39, 0.29) is 42.2 Å². The number of nitrogens with one attached hydrogen (secondary N) is 2. The van der Waals surface area contributed by atoms with Crippen molar-refractivity contribution in [2.24, 2.45) is 5.92 Å². The highest BCUT2D eigenvalue weighted by Gasteiger charge is 2.38. The topological polar surface area (TPSA) is 50.4 Å². The summed E-state index contributed by atoms with van der Waals surface area (Å²) in [5.74, 6) is 0.429. The normalized spacial score (nSPS) is 25.2. The Hall–Kier alpha value is -1.47. The van der Waals surface area contributed by atoms with Crippen molar-refractivity contribution in [2.75, 3.05) is 7.11 Å². The monoisotopic (exact) mass is 392 g/mol. The second kappa shape index (κ2) is 8.48. The molecule has 0 aromatic heterocycles. The summed E-state index contributed by atoms with van der Waals surface area (Å²) in [5, 5.41) is 6.00. The van der Waals surface area contributed by atoms with Gasteiger partial charge in [0.25, 0.3) is 0 Å². The standard InChI is InChI=1S/C18H23F3N2O2.ClH/c1-25-13-7-6-12(14(9-13)18(19,20)21)10-22-17(24)16-8-11-4-2-3-5-15(11)23-16;/h6-7,9,11,15-16,23H,2-5,8,10H2,1H3,(H,22,24);1H. The van der Waals surface area contributed by atoms with E-state index in [4.69, 9.17) is 4.74 Å². The second-order valence-electron chi connectivity index (χ2n) is 6.84. The minimum Gasteiger partial charge on any atom is -0.497 e. The SMILES string of the molecule is COc1ccc(CNC(=O)C2CC3CCCCC3N2)c(C(F)(F)F)c1.Cl. The molecule has 2 N–H and O–H groups in total. The summed E-state index contributed by atoms with van der Waals surface area (Å²) < 4.78 is 44.5. The molecule has 3 rings (SSSR count). The Kier molecular flexibility index (Phi) is 6.80. The van der Waals surface area contributed by atoms with Gasteiger partial charge in [0.15, 0.2) is 0 Å². The summed E-state index contributed by atoms with van der Waals surface area (Å²) in [7, 11) is 1.32. The molecule has 4 nitrogen and oxygen atoms in total. The Morgan fingerprint density at radius 1 is 1.31 bits per heavy atom. The van der Waals surface area contributed by atoms with Gasteiger partial charge in [-0.15, -0.1) is 12.4 Å². The molecule has 2 fully saturated rings. The lowest BCUT2D eigenvalue weighted by Crippen LogP contribution is -2.43. The van der Waals surface area contributed by atoms with Gasteiger partial charge < -0.3 is 15.4 Å². The van der Waals surface area contributed by atoms with Crippen LogP contribution >= 0.6 is 12.4 Å². The van der Waals surface area contributed by atoms with Crippen molar-refractivity contribution in [1.29, 1.82) is 0 Å². The van der Waals surface area contributed by atoms with Gasteiger partial charge in [-0.1, -0.05) is 18.9 Å². The maximum atomic E-state index is 13.2. The highest BCUT2D eigenvalue weighted by atomic mass is 35.5. The smallest absolute Gasteiger partial charge is 0.416 e. The Balaban J connectivity index is 0.00000243. The van der Waals surface area contributed by atoms with Gasteiger partial charge in [0.2, 0.25) is 5.91 Å². The van der Waals surface area contributed by atoms with E-state index in [1.165, 1.54) is 32.1 Å². The molecule has 0 bridgehead atoms. The van der Waals surface area contributed by atoms with E-state index in [2.05, 4.69) is 10.6 Å². The first-order valence-corrected chi connectivity index (χ1v) is 8.66. The van der Waals surface area contributed by atoms with E-state index in [0.29, 0.717) is 12.0 Å². The molecule has 1 saturated heterocycles. The van der Waals surface area contributed by atoms with Gasteiger partial charge in [-0.3, -0.25) is 4.79 Å². The van der Waals surface area contributed by atoms with Crippen LogP contribution in [0.1, 0.15) is 43.2 Å². The van der Waals surface area contributed by atoms with Crippen LogP contribution in [0.2, 0.25) is 0 Å². The minimum atomic E-state index is -4.49. The summed E-state index contributed by atoms with van der Waals surface area (Å²) in [6.45, 7) is -0.148. The lowest BCUT2D eigenvalue weighted by Gasteiger charge is -2.24. The van der Waals surface area contributed by atoms with Crippen LogP contribution in [-0.2, 0) is 17.5 Å². The second-order valence-corrected chi connectivity index (χ2v) is 6.84. The summed E-state index contributed by atoms with van der Waals surface area (Å²) in [5.41, 5.74) is -0.739. The van der Waals surface area contributed by atoms with Crippen molar-refractivity contribution >= 4 is 18.3 Å². The summed E-state index contributed by atoms with van der Waals surface area (Å²) in [6.07, 6.45) is 0.838. The van der Waals surface area contributed by atoms with E-state index in [0.717, 1.165) is 25.3 Å². The molecular weight excluding hydrogens is 369 g/mol. The predicted molar refractivity (Wildman–Crippen MR) is 94.4 cm³/mol. The maximum Gasteiger partial charge on any atom is 0.416 e. The van der Waals surface area contributed by atoms with Gasteiger partial charge in [0.05, 0.1) is 18.7 Å². The molecule has 8 heteroatoms. The van der Waals surface area contributed by atoms with Gasteiger partial charge >= 0.3 is 6.18 Å². The van der Waals surface area contributed by atoms with Gasteiger partial charge in [0.1, 0.15) is 5.75 Å². The van der Waals surface area contributed by atoms with Crippen LogP contribution < -0.4 is 15.4 Å². The van der Waals surface area contributed by atoms with Crippen molar-refractivity contribution in [2.45, 2.75) is 56.9 Å². The molecule has 146 valence electrons. The number of ether oxygens (including phenoxy) is 1. The average molecular weight is 393 g/mol. The minimum absolute atomic E-state index is 0. The van der Waals surface area contributed by atoms with E-state index in [1.54, 1.807) is 0 Å². The van der Waals surface area contributed by atoms with E-state index in [9.17, 15) is 18.0 Å². The molecule has 1 saturated carbocycles. The van der Waals surface area contributed by atoms with Crippen LogP contribution in [0.15, 0.2) is 18.2 Å². The molecule has 3 atom stereocenters. The van der Waals surface area contributed by atoms with Crippen molar-refractivity contribution in [1.82, 2.24) is 10.6 Å². The number of fused-ring (bicyclic) bond motifs is 1. The van der Waals surface area contributed by atoms with Crippen LogP contribution in [0.5, 0.6) is 5.75 Å². The van der Waals surface area contributed by atoms with Crippen molar-refractivity contribution in [3.63, 3.8) is 0 Å². The number of rotatable bonds is 4. The van der Waals surface area contributed by atoms with E-state index < -0.39 is 11.7 Å². The Morgan fingerprint density at radius 3 is 2.69 bits per heavy atom. The zero-order valence-electron chi connectivity index (χ0n) is 14.6. The highest BCUT2D eigenvalue weighted by Crippen LogP contribution is 2.35. The molecule has 1 aliphatic heterocycles. The fourth-order valence-electron chi connectivity index (χ4n) is 3.93. The van der Waals surface area contributed by atoms with Crippen LogP contribution in [0.4, 0.5) is 13.2 Å². The molecule has 0 radical (unpaired) electrons. The van der Waals surface area contributed by atoms with Crippen molar-refractivity contribution < 1.29 is 22.7 Å². The van der Waals surface area contributed by atoms with Crippen LogP contribution in [0.25, 0.3) is 0 Å². The number of hydrogen-bond acceptors (Lipinski definition) is 3. The van der Waals surface area contributed by atoms with Gasteiger partial charge in [-0.05, 0) is 42.9 Å². The van der Waals surface area contributed by atoms with Crippen LogP contribution in [-0.4, -0.2) is 25.1 Å². The Morgan fingerprint density at radius 2 is 2.04 bits per heavy atom. The van der Waals surface area contributed by atoms with E-state index in [1.807, 2.05) is 0 Å². The summed E-state index contributed by atoms with van der Waals surface area (Å²) in [4.78, 5) is 12.4. The number of hydrogen-bond donors (Lipinski definition) is 2. The molecule has 1 aromatic carbocycles. The number of alkyl halides is 3. The Bertz CT molecular complexity index is 625. The molecule has 2 aliphatic rings. The third kappa shape index (κ3) is 4.62. The largest absolute Gasteiger partial charge is 0.497 e. The zero-order valence-corrected chi connectivity index (χ0v) is 15.4. The fourth-order valence-corrected chi connectivity index (χ4v) is 3.93. The molecule has 0 spiro atoms. The molecular formula is C18H24ClF3N2O2. The third-order valence-corrected chi connectivity index (χ3v) is 5.25. The number of methoxy groups -OCH3 is 1. The van der Waals surface area contributed by atoms with Gasteiger partial charge in [0, 0.05) is 12.6 Å². The number of amides is 1. The number of carbonyl (C=O) groups is 1. The first kappa shape index (κ1) is 20.8. The number of benzene rings is 1. The van der Waals surface area contributed by atoms with Crippen molar-refractivity contribution in [3.8, 4) is 5.75 Å². The average Bonchev–Trinajstić information content (AvgIpc) is 3.03. The lowest BCUT2D eigenvalue weighted by molar-refractivity contribution is -0.138. The molecule has 1 amide bonds. The van der Waals surface area contributed by atoms with E-state index >= 15 is 0 Å². The first-order chi connectivity index (χ1) is 11.9. The predicted octanol–water partition coefficient (Wildman–Crippen LogP) is 3.67. The van der Waals surface area contributed by atoms with Crippen LogP contribution in [0, 0.1) is 5.92 Å². The van der Waals surface area contributed by atoms with Crippen LogP contribution in [0.3, 0.4) is 0 Å². The fraction of sp³-hybridized carbons (Fsp3) is 0.611. The number of carbonyl (C=O) groups excluding carboxylic acids is 1. The van der Waals surface area contributed by atoms with Gasteiger partial charge in [-0.2, -0.15) is 13.2 Å². The third-order valence-electron chi connectivity index (χ3n) is 5.25. The van der Waals surface area contributed by atoms with Gasteiger partial charge in [-0.25, -0.2) is 0 Å². The first-order valence-electron chi connectivity index (χ1n) is 8.66. The number of halogens is 4. The molecule has 3 unspecified atom stereocenters. The van der Waals surface area contributed by atoms with Crippen molar-refractivity contribution in [3.05, 3.63) is 29.3 Å². The zero-order chi connectivity index (χ0) is 18.0.